The number of thioether (sulfide) groups is 1. The molecule has 0 saturated carbocycles. The van der Waals surface area contributed by atoms with Gasteiger partial charge in [0.15, 0.2) is 0 Å². The molecule has 0 unspecified atom stereocenters. The van der Waals surface area contributed by atoms with Crippen molar-refractivity contribution in [2.75, 3.05) is 11.5 Å². The summed E-state index contributed by atoms with van der Waals surface area (Å²) in [6.07, 6.45) is 3.19. The molecule has 2 nitrogen and oxygen atoms in total. The summed E-state index contributed by atoms with van der Waals surface area (Å²) in [4.78, 5) is 8.06. The minimum Gasteiger partial charge on any atom is -0.252 e. The molecule has 0 aromatic carbocycles. The third-order valence-corrected chi connectivity index (χ3v) is 2.62. The van der Waals surface area contributed by atoms with Gasteiger partial charge in [0.25, 0.3) is 0 Å². The summed E-state index contributed by atoms with van der Waals surface area (Å²) in [7, 11) is 0. The third-order valence-electron chi connectivity index (χ3n) is 1.46. The van der Waals surface area contributed by atoms with Crippen LogP contribution in [-0.4, -0.2) is 21.5 Å². The summed E-state index contributed by atoms with van der Waals surface area (Å²) >= 11 is 7.43. The average molecular weight is 215 g/mol. The van der Waals surface area contributed by atoms with Crippen LogP contribution in [-0.2, 0) is 0 Å². The van der Waals surface area contributed by atoms with E-state index >= 15 is 0 Å². The van der Waals surface area contributed by atoms with E-state index in [-0.39, 0.29) is 0 Å². The van der Waals surface area contributed by atoms with Gasteiger partial charge in [-0.1, -0.05) is 25.1 Å². The standard InChI is InChI=1S/C9H11ClN2S/c1-3-13-6-7(2)8-4-12-9(10)5-11-8/h4-5H,2-3,6H2,1H3. The molecule has 1 aromatic rings. The van der Waals surface area contributed by atoms with E-state index in [1.807, 2.05) is 11.8 Å². The molecule has 13 heavy (non-hydrogen) atoms. The molecule has 0 bridgehead atoms. The number of aromatic nitrogens is 2. The van der Waals surface area contributed by atoms with Crippen molar-refractivity contribution < 1.29 is 0 Å². The van der Waals surface area contributed by atoms with Gasteiger partial charge in [-0.15, -0.1) is 0 Å². The molecule has 0 amide bonds. The van der Waals surface area contributed by atoms with E-state index in [4.69, 9.17) is 11.6 Å². The van der Waals surface area contributed by atoms with Gasteiger partial charge in [0.05, 0.1) is 18.1 Å². The zero-order valence-electron chi connectivity index (χ0n) is 7.46. The smallest absolute Gasteiger partial charge is 0.147 e. The Kier molecular flexibility index (Phi) is 4.25. The molecule has 0 spiro atoms. The molecule has 0 aliphatic heterocycles. The topological polar surface area (TPSA) is 25.8 Å². The molecule has 0 atom stereocenters. The number of hydrogen-bond acceptors (Lipinski definition) is 3. The first kappa shape index (κ1) is 10.5. The van der Waals surface area contributed by atoms with Crippen LogP contribution in [0.5, 0.6) is 0 Å². The molecular formula is C9H11ClN2S. The first-order valence-electron chi connectivity index (χ1n) is 3.97. The van der Waals surface area contributed by atoms with Gasteiger partial charge in [0.2, 0.25) is 0 Å². The van der Waals surface area contributed by atoms with Crippen molar-refractivity contribution >= 4 is 28.9 Å². The maximum Gasteiger partial charge on any atom is 0.147 e. The molecule has 70 valence electrons. The summed E-state index contributed by atoms with van der Waals surface area (Å²) in [5.41, 5.74) is 1.82. The Morgan fingerprint density at radius 2 is 2.31 bits per heavy atom. The highest BCUT2D eigenvalue weighted by molar-refractivity contribution is 7.99. The number of halogens is 1. The van der Waals surface area contributed by atoms with Crippen LogP contribution in [0.1, 0.15) is 12.6 Å². The lowest BCUT2D eigenvalue weighted by atomic mass is 10.2. The van der Waals surface area contributed by atoms with Gasteiger partial charge in [-0.25, -0.2) is 4.98 Å². The highest BCUT2D eigenvalue weighted by Crippen LogP contribution is 2.15. The van der Waals surface area contributed by atoms with E-state index in [0.717, 1.165) is 22.8 Å². The largest absolute Gasteiger partial charge is 0.252 e. The molecule has 0 radical (unpaired) electrons. The van der Waals surface area contributed by atoms with Gasteiger partial charge in [0, 0.05) is 5.75 Å². The van der Waals surface area contributed by atoms with Crippen molar-refractivity contribution in [3.05, 3.63) is 29.8 Å². The average Bonchev–Trinajstić information content (AvgIpc) is 2.15. The SMILES string of the molecule is C=C(CSCC)c1cnc(Cl)cn1. The van der Waals surface area contributed by atoms with Gasteiger partial charge in [0.1, 0.15) is 5.15 Å². The van der Waals surface area contributed by atoms with Crippen molar-refractivity contribution in [2.45, 2.75) is 6.92 Å². The van der Waals surface area contributed by atoms with Crippen LogP contribution >= 0.6 is 23.4 Å². The van der Waals surface area contributed by atoms with Crippen LogP contribution in [0.2, 0.25) is 5.15 Å². The van der Waals surface area contributed by atoms with E-state index < -0.39 is 0 Å². The van der Waals surface area contributed by atoms with Gasteiger partial charge in [-0.05, 0) is 11.3 Å². The highest BCUT2D eigenvalue weighted by Gasteiger charge is 2.00. The van der Waals surface area contributed by atoms with Crippen LogP contribution < -0.4 is 0 Å². The lowest BCUT2D eigenvalue weighted by Crippen LogP contribution is -1.92. The van der Waals surface area contributed by atoms with Crippen molar-refractivity contribution in [3.63, 3.8) is 0 Å². The van der Waals surface area contributed by atoms with Gasteiger partial charge in [-0.3, -0.25) is 4.98 Å². The minimum atomic E-state index is 0.416. The van der Waals surface area contributed by atoms with Crippen LogP contribution in [0, 0.1) is 0 Å². The number of nitrogens with zero attached hydrogens (tertiary/aromatic N) is 2. The molecule has 1 rings (SSSR count). The van der Waals surface area contributed by atoms with E-state index in [1.165, 1.54) is 0 Å². The molecular weight excluding hydrogens is 204 g/mol. The fourth-order valence-corrected chi connectivity index (χ4v) is 1.49. The molecule has 1 heterocycles. The number of rotatable bonds is 4. The van der Waals surface area contributed by atoms with Crippen LogP contribution in [0.25, 0.3) is 5.57 Å². The first-order chi connectivity index (χ1) is 6.24. The van der Waals surface area contributed by atoms with E-state index in [1.54, 1.807) is 12.4 Å². The normalized spacial score (nSPS) is 10.0. The molecule has 0 aliphatic carbocycles. The zero-order valence-corrected chi connectivity index (χ0v) is 9.03. The maximum atomic E-state index is 5.61. The van der Waals surface area contributed by atoms with Crippen LogP contribution in [0.15, 0.2) is 19.0 Å². The monoisotopic (exact) mass is 214 g/mol. The summed E-state index contributed by atoms with van der Waals surface area (Å²) in [6, 6.07) is 0. The number of hydrogen-bond donors (Lipinski definition) is 0. The molecule has 0 N–H and O–H groups in total. The minimum absolute atomic E-state index is 0.416. The van der Waals surface area contributed by atoms with Crippen molar-refractivity contribution in [1.82, 2.24) is 9.97 Å². The predicted molar refractivity (Wildman–Crippen MR) is 59.1 cm³/mol. The van der Waals surface area contributed by atoms with E-state index in [2.05, 4.69) is 23.5 Å². The molecule has 1 aromatic heterocycles. The molecule has 0 aliphatic rings. The van der Waals surface area contributed by atoms with Crippen molar-refractivity contribution in [1.29, 1.82) is 0 Å². The van der Waals surface area contributed by atoms with Gasteiger partial charge in [-0.2, -0.15) is 11.8 Å². The second kappa shape index (κ2) is 5.25. The van der Waals surface area contributed by atoms with E-state index in [9.17, 15) is 0 Å². The summed E-state index contributed by atoms with van der Waals surface area (Å²) < 4.78 is 0. The molecule has 0 fully saturated rings. The fraction of sp³-hybridized carbons (Fsp3) is 0.333. The Balaban J connectivity index is 2.61. The van der Waals surface area contributed by atoms with Gasteiger partial charge < -0.3 is 0 Å². The lowest BCUT2D eigenvalue weighted by Gasteiger charge is -2.02. The Hall–Kier alpha value is -0.540. The summed E-state index contributed by atoms with van der Waals surface area (Å²) in [5.74, 6) is 1.98. The Morgan fingerprint density at radius 3 is 2.85 bits per heavy atom. The first-order valence-corrected chi connectivity index (χ1v) is 5.50. The Labute approximate surface area is 87.4 Å². The second-order valence-electron chi connectivity index (χ2n) is 2.47. The quantitative estimate of drug-likeness (QED) is 0.771. The van der Waals surface area contributed by atoms with Crippen molar-refractivity contribution in [2.24, 2.45) is 0 Å². The zero-order chi connectivity index (χ0) is 9.68. The lowest BCUT2D eigenvalue weighted by molar-refractivity contribution is 1.17. The molecule has 4 heteroatoms. The third kappa shape index (κ3) is 3.36. The maximum absolute atomic E-state index is 5.61. The molecule has 0 saturated heterocycles. The van der Waals surface area contributed by atoms with Gasteiger partial charge >= 0.3 is 0 Å². The summed E-state index contributed by atoms with van der Waals surface area (Å²) in [6.45, 7) is 6.04. The fourth-order valence-electron chi connectivity index (χ4n) is 0.794. The predicted octanol–water partition coefficient (Wildman–Crippen LogP) is 2.90. The Morgan fingerprint density at radius 1 is 1.54 bits per heavy atom. The Bertz CT molecular complexity index is 284. The van der Waals surface area contributed by atoms with Crippen LogP contribution in [0.3, 0.4) is 0 Å². The van der Waals surface area contributed by atoms with E-state index in [0.29, 0.717) is 5.15 Å². The van der Waals surface area contributed by atoms with Crippen molar-refractivity contribution in [3.8, 4) is 0 Å². The van der Waals surface area contributed by atoms with Crippen LogP contribution in [0.4, 0.5) is 0 Å². The highest BCUT2D eigenvalue weighted by atomic mass is 35.5. The second-order valence-corrected chi connectivity index (χ2v) is 4.13. The summed E-state index contributed by atoms with van der Waals surface area (Å²) in [5, 5.41) is 0.416.